The average Bonchev–Trinajstić information content (AvgIpc) is 2.03. The van der Waals surface area contributed by atoms with E-state index in [-0.39, 0.29) is 11.5 Å². The number of carbonyl (C=O) groups excluding carboxylic acids is 1. The number of hydrogen-bond acceptors (Lipinski definition) is 3. The van der Waals surface area contributed by atoms with E-state index in [0.29, 0.717) is 17.7 Å². The van der Waals surface area contributed by atoms with Crippen LogP contribution in [0, 0.1) is 0 Å². The van der Waals surface area contributed by atoms with Crippen molar-refractivity contribution in [3.8, 4) is 5.75 Å². The van der Waals surface area contributed by atoms with Gasteiger partial charge in [-0.05, 0) is 12.1 Å². The summed E-state index contributed by atoms with van der Waals surface area (Å²) < 4.78 is 0. The highest BCUT2D eigenvalue weighted by molar-refractivity contribution is 6.00. The van der Waals surface area contributed by atoms with Gasteiger partial charge in [-0.15, -0.1) is 0 Å². The number of carbonyl (C=O) groups is 1. The van der Waals surface area contributed by atoms with Gasteiger partial charge in [-0.25, -0.2) is 0 Å². The number of benzene rings is 1. The molecule has 0 amide bonds. The highest BCUT2D eigenvalue weighted by Crippen LogP contribution is 2.19. The number of nitrogen functional groups attached to an aromatic ring is 1. The SMILES string of the molecule is CCC(=O)c1ccc(O)cc1N. The number of nitrogens with two attached hydrogens (primary N) is 1. The molecular formula is C9H11NO2. The summed E-state index contributed by atoms with van der Waals surface area (Å²) in [6.07, 6.45) is 0.426. The monoisotopic (exact) mass is 165 g/mol. The molecule has 64 valence electrons. The minimum Gasteiger partial charge on any atom is -0.508 e. The van der Waals surface area contributed by atoms with Crippen molar-refractivity contribution < 1.29 is 9.90 Å². The van der Waals surface area contributed by atoms with Gasteiger partial charge in [-0.3, -0.25) is 4.79 Å². The number of ketones is 1. The van der Waals surface area contributed by atoms with Gasteiger partial charge in [0.2, 0.25) is 0 Å². The second kappa shape index (κ2) is 3.26. The van der Waals surface area contributed by atoms with Crippen LogP contribution in [0.1, 0.15) is 23.7 Å². The zero-order chi connectivity index (χ0) is 9.14. The van der Waals surface area contributed by atoms with Gasteiger partial charge in [-0.1, -0.05) is 6.92 Å². The summed E-state index contributed by atoms with van der Waals surface area (Å²) in [5.74, 6) is 0.0765. The maximum absolute atomic E-state index is 11.2. The summed E-state index contributed by atoms with van der Waals surface area (Å²) in [5.41, 5.74) is 6.33. The van der Waals surface area contributed by atoms with Crippen LogP contribution in [0.25, 0.3) is 0 Å². The Labute approximate surface area is 70.8 Å². The maximum atomic E-state index is 11.2. The molecule has 3 heteroatoms. The third-order valence-corrected chi connectivity index (χ3v) is 1.66. The number of phenolic OH excluding ortho intramolecular Hbond substituents is 1. The number of hydrogen-bond donors (Lipinski definition) is 2. The van der Waals surface area contributed by atoms with Gasteiger partial charge in [-0.2, -0.15) is 0 Å². The molecule has 0 atom stereocenters. The van der Waals surface area contributed by atoms with Gasteiger partial charge < -0.3 is 10.8 Å². The van der Waals surface area contributed by atoms with Crippen molar-refractivity contribution in [1.82, 2.24) is 0 Å². The molecule has 1 rings (SSSR count). The van der Waals surface area contributed by atoms with E-state index in [9.17, 15) is 4.79 Å². The van der Waals surface area contributed by atoms with E-state index in [0.717, 1.165) is 0 Å². The second-order valence-electron chi connectivity index (χ2n) is 2.55. The molecule has 0 aliphatic carbocycles. The largest absolute Gasteiger partial charge is 0.508 e. The summed E-state index contributed by atoms with van der Waals surface area (Å²) >= 11 is 0. The third-order valence-electron chi connectivity index (χ3n) is 1.66. The van der Waals surface area contributed by atoms with Gasteiger partial charge in [0, 0.05) is 23.7 Å². The predicted molar refractivity (Wildman–Crippen MR) is 47.1 cm³/mol. The predicted octanol–water partition coefficient (Wildman–Crippen LogP) is 1.57. The van der Waals surface area contributed by atoms with E-state index in [4.69, 9.17) is 10.8 Å². The van der Waals surface area contributed by atoms with E-state index >= 15 is 0 Å². The van der Waals surface area contributed by atoms with Crippen LogP contribution in [0.5, 0.6) is 5.75 Å². The molecule has 0 aliphatic rings. The molecule has 0 aromatic heterocycles. The smallest absolute Gasteiger partial charge is 0.164 e. The topological polar surface area (TPSA) is 63.3 Å². The van der Waals surface area contributed by atoms with Crippen molar-refractivity contribution in [2.24, 2.45) is 0 Å². The summed E-state index contributed by atoms with van der Waals surface area (Å²) in [6, 6.07) is 4.37. The molecule has 3 N–H and O–H groups in total. The van der Waals surface area contributed by atoms with Crippen LogP contribution in [0.4, 0.5) is 5.69 Å². The maximum Gasteiger partial charge on any atom is 0.164 e. The van der Waals surface area contributed by atoms with Gasteiger partial charge in [0.25, 0.3) is 0 Å². The van der Waals surface area contributed by atoms with Gasteiger partial charge in [0.1, 0.15) is 5.75 Å². The van der Waals surface area contributed by atoms with Crippen LogP contribution < -0.4 is 5.73 Å². The Morgan fingerprint density at radius 2 is 2.25 bits per heavy atom. The van der Waals surface area contributed by atoms with E-state index in [1.54, 1.807) is 6.92 Å². The molecule has 0 fully saturated rings. The molecule has 0 saturated carbocycles. The van der Waals surface area contributed by atoms with Crippen molar-refractivity contribution in [2.75, 3.05) is 5.73 Å². The third kappa shape index (κ3) is 1.56. The van der Waals surface area contributed by atoms with E-state index < -0.39 is 0 Å². The van der Waals surface area contributed by atoms with E-state index in [2.05, 4.69) is 0 Å². The minimum absolute atomic E-state index is 0.00694. The molecule has 3 nitrogen and oxygen atoms in total. The quantitative estimate of drug-likeness (QED) is 0.516. The Hall–Kier alpha value is -1.51. The molecule has 12 heavy (non-hydrogen) atoms. The van der Waals surface area contributed by atoms with Crippen molar-refractivity contribution in [2.45, 2.75) is 13.3 Å². The number of phenols is 1. The zero-order valence-electron chi connectivity index (χ0n) is 6.87. The fourth-order valence-electron chi connectivity index (χ4n) is 0.995. The molecule has 1 aromatic carbocycles. The first kappa shape index (κ1) is 8.59. The van der Waals surface area contributed by atoms with Crippen molar-refractivity contribution in [3.05, 3.63) is 23.8 Å². The van der Waals surface area contributed by atoms with E-state index in [1.165, 1.54) is 18.2 Å². The molecule has 0 unspecified atom stereocenters. The van der Waals surface area contributed by atoms with Gasteiger partial charge in [0.15, 0.2) is 5.78 Å². The summed E-state index contributed by atoms with van der Waals surface area (Å²) in [5, 5.41) is 9.00. The van der Waals surface area contributed by atoms with Gasteiger partial charge >= 0.3 is 0 Å². The Balaban J connectivity index is 3.09. The van der Waals surface area contributed by atoms with Crippen LogP contribution in [-0.2, 0) is 0 Å². The van der Waals surface area contributed by atoms with Crippen LogP contribution in [0.2, 0.25) is 0 Å². The number of rotatable bonds is 2. The second-order valence-corrected chi connectivity index (χ2v) is 2.55. The Bertz CT molecular complexity index is 307. The Kier molecular flexibility index (Phi) is 2.33. The number of anilines is 1. The fraction of sp³-hybridized carbons (Fsp3) is 0.222. The molecule has 0 saturated heterocycles. The summed E-state index contributed by atoms with van der Waals surface area (Å²) in [4.78, 5) is 11.2. The zero-order valence-corrected chi connectivity index (χ0v) is 6.87. The molecule has 0 heterocycles. The first-order chi connectivity index (χ1) is 5.65. The van der Waals surface area contributed by atoms with Crippen molar-refractivity contribution >= 4 is 11.5 Å². The lowest BCUT2D eigenvalue weighted by Crippen LogP contribution is -2.01. The molecule has 0 spiro atoms. The van der Waals surface area contributed by atoms with Crippen LogP contribution in [0.15, 0.2) is 18.2 Å². The standard InChI is InChI=1S/C9H11NO2/c1-2-9(12)7-4-3-6(11)5-8(7)10/h3-5,11H,2,10H2,1H3. The highest BCUT2D eigenvalue weighted by Gasteiger charge is 2.06. The lowest BCUT2D eigenvalue weighted by molar-refractivity contribution is 0.0989. The summed E-state index contributed by atoms with van der Waals surface area (Å²) in [6.45, 7) is 1.77. The molecule has 0 aliphatic heterocycles. The molecular weight excluding hydrogens is 154 g/mol. The van der Waals surface area contributed by atoms with Crippen molar-refractivity contribution in [3.63, 3.8) is 0 Å². The molecule has 0 bridgehead atoms. The Morgan fingerprint density at radius 1 is 1.58 bits per heavy atom. The number of Topliss-reactive ketones (excluding diaryl/α,β-unsaturated/α-hetero) is 1. The van der Waals surface area contributed by atoms with Crippen LogP contribution in [-0.4, -0.2) is 10.9 Å². The Morgan fingerprint density at radius 3 is 2.75 bits per heavy atom. The molecule has 1 aromatic rings. The number of aromatic hydroxyl groups is 1. The minimum atomic E-state index is -0.00694. The van der Waals surface area contributed by atoms with E-state index in [1.807, 2.05) is 0 Å². The molecule has 0 radical (unpaired) electrons. The fourth-order valence-corrected chi connectivity index (χ4v) is 0.995. The van der Waals surface area contributed by atoms with Crippen molar-refractivity contribution in [1.29, 1.82) is 0 Å². The lowest BCUT2D eigenvalue weighted by Gasteiger charge is -2.02. The van der Waals surface area contributed by atoms with Crippen LogP contribution in [0.3, 0.4) is 0 Å². The lowest BCUT2D eigenvalue weighted by atomic mass is 10.1. The van der Waals surface area contributed by atoms with Crippen LogP contribution >= 0.6 is 0 Å². The summed E-state index contributed by atoms with van der Waals surface area (Å²) in [7, 11) is 0. The first-order valence-corrected chi connectivity index (χ1v) is 3.77. The average molecular weight is 165 g/mol. The van der Waals surface area contributed by atoms with Gasteiger partial charge in [0.05, 0.1) is 0 Å². The highest BCUT2D eigenvalue weighted by atomic mass is 16.3. The normalized spacial score (nSPS) is 9.75. The first-order valence-electron chi connectivity index (χ1n) is 3.77.